The largest absolute Gasteiger partial charge is 0.306 e. The highest BCUT2D eigenvalue weighted by Crippen LogP contribution is 2.07. The topological polar surface area (TPSA) is 3.24 Å². The molecule has 1 aliphatic heterocycles. The molecule has 0 N–H and O–H groups in total. The molecule has 0 saturated carbocycles. The molecule has 1 heterocycles. The summed E-state index contributed by atoms with van der Waals surface area (Å²) in [7, 11) is 2.17. The molecule has 1 nitrogen and oxygen atoms in total. The van der Waals surface area contributed by atoms with E-state index in [0.717, 1.165) is 6.42 Å². The Bertz CT molecular complexity index is 406. The molecule has 3 rings (SSSR count). The summed E-state index contributed by atoms with van der Waals surface area (Å²) < 4.78 is 0. The first-order valence-corrected chi connectivity index (χ1v) is 7.11. The zero-order valence-electron chi connectivity index (χ0n) is 11.8. The average Bonchev–Trinajstić information content (AvgIpc) is 2.93. The summed E-state index contributed by atoms with van der Waals surface area (Å²) in [5, 5.41) is 0. The van der Waals surface area contributed by atoms with Crippen LogP contribution in [0, 0.1) is 0 Å². The maximum atomic E-state index is 2.36. The van der Waals surface area contributed by atoms with Gasteiger partial charge in [0.2, 0.25) is 0 Å². The van der Waals surface area contributed by atoms with Crippen LogP contribution in [-0.4, -0.2) is 25.0 Å². The molecule has 0 unspecified atom stereocenters. The highest BCUT2D eigenvalue weighted by molar-refractivity contribution is 5.25. The van der Waals surface area contributed by atoms with Crippen molar-refractivity contribution in [2.45, 2.75) is 19.3 Å². The molecule has 1 fully saturated rings. The maximum absolute atomic E-state index is 2.36. The van der Waals surface area contributed by atoms with E-state index in [4.69, 9.17) is 0 Å². The van der Waals surface area contributed by atoms with Crippen LogP contribution in [0.1, 0.15) is 24.0 Å². The predicted molar refractivity (Wildman–Crippen MR) is 82.4 cm³/mol. The lowest BCUT2D eigenvalue weighted by atomic mass is 10.1. The lowest BCUT2D eigenvalue weighted by molar-refractivity contribution is 0.418. The zero-order chi connectivity index (χ0) is 13.3. The Morgan fingerprint density at radius 1 is 0.737 bits per heavy atom. The third-order valence-electron chi connectivity index (χ3n) is 3.42. The molecule has 1 heteroatoms. The van der Waals surface area contributed by atoms with Gasteiger partial charge in [0.15, 0.2) is 0 Å². The molecule has 0 amide bonds. The number of hydrogen-bond acceptors (Lipinski definition) is 1. The number of nitrogens with zero attached hydrogens (tertiary/aromatic N) is 1. The van der Waals surface area contributed by atoms with Gasteiger partial charge in [-0.05, 0) is 50.5 Å². The smallest absolute Gasteiger partial charge is 0.00213 e. The summed E-state index contributed by atoms with van der Waals surface area (Å²) in [4.78, 5) is 2.36. The minimum Gasteiger partial charge on any atom is -0.306 e. The molecular weight excluding hydrogens is 230 g/mol. The Balaban J connectivity index is 0.000000186. The van der Waals surface area contributed by atoms with Crippen LogP contribution < -0.4 is 0 Å². The Morgan fingerprint density at radius 2 is 1.16 bits per heavy atom. The predicted octanol–water partition coefficient (Wildman–Crippen LogP) is 3.99. The third-order valence-corrected chi connectivity index (χ3v) is 3.42. The minimum absolute atomic E-state index is 1.03. The third kappa shape index (κ3) is 5.27. The molecule has 0 bridgehead atoms. The van der Waals surface area contributed by atoms with Crippen molar-refractivity contribution < 1.29 is 0 Å². The van der Waals surface area contributed by atoms with Crippen LogP contribution in [0.3, 0.4) is 0 Å². The van der Waals surface area contributed by atoms with E-state index in [9.17, 15) is 0 Å². The van der Waals surface area contributed by atoms with E-state index in [1.807, 2.05) is 0 Å². The van der Waals surface area contributed by atoms with Crippen molar-refractivity contribution in [3.05, 3.63) is 71.8 Å². The average molecular weight is 253 g/mol. The lowest BCUT2D eigenvalue weighted by Gasteiger charge is -2.01. The monoisotopic (exact) mass is 253 g/mol. The van der Waals surface area contributed by atoms with Gasteiger partial charge in [-0.25, -0.2) is 0 Å². The highest BCUT2D eigenvalue weighted by atomic mass is 15.1. The minimum atomic E-state index is 1.03. The first-order chi connectivity index (χ1) is 9.34. The summed E-state index contributed by atoms with van der Waals surface area (Å²) in [5.41, 5.74) is 2.74. The van der Waals surface area contributed by atoms with Crippen molar-refractivity contribution in [2.24, 2.45) is 0 Å². The molecule has 0 radical (unpaired) electrons. The normalized spacial score (nSPS) is 14.8. The van der Waals surface area contributed by atoms with E-state index in [0.29, 0.717) is 0 Å². The molecular formula is C18H23N. The van der Waals surface area contributed by atoms with Crippen molar-refractivity contribution in [3.63, 3.8) is 0 Å². The first kappa shape index (κ1) is 13.8. The maximum Gasteiger partial charge on any atom is -0.00213 e. The SMILES string of the molecule is CN1CCCC1.c1ccc(Cc2ccccc2)cc1. The van der Waals surface area contributed by atoms with Crippen LogP contribution in [0.4, 0.5) is 0 Å². The molecule has 0 spiro atoms. The molecule has 0 aliphatic carbocycles. The molecule has 1 aliphatic rings. The van der Waals surface area contributed by atoms with E-state index >= 15 is 0 Å². The Kier molecular flexibility index (Phi) is 5.64. The number of benzene rings is 2. The van der Waals surface area contributed by atoms with Crippen molar-refractivity contribution in [2.75, 3.05) is 20.1 Å². The molecule has 19 heavy (non-hydrogen) atoms. The molecule has 0 aromatic heterocycles. The van der Waals surface area contributed by atoms with Crippen LogP contribution >= 0.6 is 0 Å². The second-order valence-electron chi connectivity index (χ2n) is 5.16. The van der Waals surface area contributed by atoms with Crippen molar-refractivity contribution in [3.8, 4) is 0 Å². The van der Waals surface area contributed by atoms with Gasteiger partial charge in [0.25, 0.3) is 0 Å². The van der Waals surface area contributed by atoms with Crippen molar-refractivity contribution >= 4 is 0 Å². The fourth-order valence-corrected chi connectivity index (χ4v) is 2.30. The number of hydrogen-bond donors (Lipinski definition) is 0. The van der Waals surface area contributed by atoms with E-state index in [1.165, 1.54) is 37.1 Å². The van der Waals surface area contributed by atoms with Gasteiger partial charge in [0.1, 0.15) is 0 Å². The van der Waals surface area contributed by atoms with E-state index in [-0.39, 0.29) is 0 Å². The second kappa shape index (κ2) is 7.75. The standard InChI is InChI=1S/C13H12.C5H11N/c1-3-7-12(8-4-1)11-13-9-5-2-6-10-13;1-6-4-2-3-5-6/h1-10H,11H2;2-5H2,1H3. The van der Waals surface area contributed by atoms with E-state index in [1.54, 1.807) is 0 Å². The quantitative estimate of drug-likeness (QED) is 0.782. The van der Waals surface area contributed by atoms with Crippen LogP contribution in [0.2, 0.25) is 0 Å². The highest BCUT2D eigenvalue weighted by Gasteiger charge is 2.03. The number of rotatable bonds is 2. The molecule has 2 aromatic rings. The van der Waals surface area contributed by atoms with Crippen LogP contribution in [0.25, 0.3) is 0 Å². The van der Waals surface area contributed by atoms with Gasteiger partial charge in [0.05, 0.1) is 0 Å². The van der Waals surface area contributed by atoms with Gasteiger partial charge in [0, 0.05) is 0 Å². The summed E-state index contributed by atoms with van der Waals surface area (Å²) in [5.74, 6) is 0. The van der Waals surface area contributed by atoms with Gasteiger partial charge < -0.3 is 4.90 Å². The van der Waals surface area contributed by atoms with Gasteiger partial charge in [-0.2, -0.15) is 0 Å². The Morgan fingerprint density at radius 3 is 1.47 bits per heavy atom. The second-order valence-corrected chi connectivity index (χ2v) is 5.16. The van der Waals surface area contributed by atoms with Crippen molar-refractivity contribution in [1.29, 1.82) is 0 Å². The van der Waals surface area contributed by atoms with Gasteiger partial charge in [-0.1, -0.05) is 60.7 Å². The van der Waals surface area contributed by atoms with Gasteiger partial charge in [-0.3, -0.25) is 0 Å². The molecule has 1 saturated heterocycles. The fraction of sp³-hybridized carbons (Fsp3) is 0.333. The van der Waals surface area contributed by atoms with Gasteiger partial charge >= 0.3 is 0 Å². The lowest BCUT2D eigenvalue weighted by Crippen LogP contribution is -2.10. The van der Waals surface area contributed by atoms with Crippen LogP contribution in [-0.2, 0) is 6.42 Å². The summed E-state index contributed by atoms with van der Waals surface area (Å²) in [6.07, 6.45) is 3.86. The molecule has 0 atom stereocenters. The first-order valence-electron chi connectivity index (χ1n) is 7.11. The van der Waals surface area contributed by atoms with Gasteiger partial charge in [-0.15, -0.1) is 0 Å². The summed E-state index contributed by atoms with van der Waals surface area (Å²) in [6, 6.07) is 21.1. The van der Waals surface area contributed by atoms with E-state index < -0.39 is 0 Å². The Labute approximate surface area is 116 Å². The van der Waals surface area contributed by atoms with E-state index in [2.05, 4.69) is 72.6 Å². The summed E-state index contributed by atoms with van der Waals surface area (Å²) in [6.45, 7) is 2.64. The number of likely N-dealkylation sites (tertiary alicyclic amines) is 1. The summed E-state index contributed by atoms with van der Waals surface area (Å²) >= 11 is 0. The molecule has 2 aromatic carbocycles. The van der Waals surface area contributed by atoms with Crippen LogP contribution in [0.15, 0.2) is 60.7 Å². The molecule has 100 valence electrons. The van der Waals surface area contributed by atoms with Crippen molar-refractivity contribution in [1.82, 2.24) is 4.90 Å². The Hall–Kier alpha value is -1.60. The van der Waals surface area contributed by atoms with Crippen LogP contribution in [0.5, 0.6) is 0 Å². The zero-order valence-corrected chi connectivity index (χ0v) is 11.8. The fourth-order valence-electron chi connectivity index (χ4n) is 2.30.